The van der Waals surface area contributed by atoms with Crippen molar-refractivity contribution in [3.63, 3.8) is 0 Å². The second-order valence-corrected chi connectivity index (χ2v) is 6.74. The van der Waals surface area contributed by atoms with Crippen LogP contribution in [0.4, 0.5) is 0 Å². The lowest BCUT2D eigenvalue weighted by Gasteiger charge is -2.32. The Morgan fingerprint density at radius 2 is 1.88 bits per heavy atom. The van der Waals surface area contributed by atoms with Crippen molar-refractivity contribution in [1.29, 1.82) is 0 Å². The maximum absolute atomic E-state index is 12.7. The second-order valence-electron chi connectivity index (χ2n) is 6.74. The lowest BCUT2D eigenvalue weighted by molar-refractivity contribution is -0.136. The molecule has 24 heavy (non-hydrogen) atoms. The largest absolute Gasteiger partial charge is 0.465 e. The van der Waals surface area contributed by atoms with Gasteiger partial charge in [0.2, 0.25) is 5.91 Å². The lowest BCUT2D eigenvalue weighted by Crippen LogP contribution is -2.40. The number of aryl methyl sites for hydroxylation is 1. The summed E-state index contributed by atoms with van der Waals surface area (Å²) in [5.74, 6) is 2.39. The molecule has 1 aliphatic rings. The number of hydrogen-bond acceptors (Lipinski definition) is 3. The van der Waals surface area contributed by atoms with Crippen LogP contribution < -0.4 is 0 Å². The Bertz CT molecular complexity index is 657. The summed E-state index contributed by atoms with van der Waals surface area (Å²) in [6.45, 7) is 5.40. The Kier molecular flexibility index (Phi) is 5.36. The Labute approximate surface area is 144 Å². The topological polar surface area (TPSA) is 36.7 Å². The van der Waals surface area contributed by atoms with Crippen molar-refractivity contribution in [3.8, 4) is 0 Å². The minimum atomic E-state index is 0.147. The van der Waals surface area contributed by atoms with Crippen LogP contribution in [0.2, 0.25) is 0 Å². The van der Waals surface area contributed by atoms with Crippen molar-refractivity contribution in [2.45, 2.75) is 32.9 Å². The number of nitrogens with zero attached hydrogens (tertiary/aromatic N) is 2. The molecule has 3 rings (SSSR count). The van der Waals surface area contributed by atoms with Gasteiger partial charge in [-0.05, 0) is 50.6 Å². The first-order valence-electron chi connectivity index (χ1n) is 8.68. The number of carbonyl (C=O) groups is 1. The molecule has 1 saturated heterocycles. The van der Waals surface area contributed by atoms with E-state index in [1.165, 1.54) is 5.56 Å². The standard InChI is InChI=1S/C20H26N2O2/c1-16-8-9-19(24-16)15-22-12-10-18(11-13-22)20(23)21(2)14-17-6-4-3-5-7-17/h3-9,18H,10-15H2,1-2H3. The zero-order chi connectivity index (χ0) is 16.9. The van der Waals surface area contributed by atoms with Gasteiger partial charge in [-0.15, -0.1) is 0 Å². The smallest absolute Gasteiger partial charge is 0.225 e. The van der Waals surface area contributed by atoms with Crippen molar-refractivity contribution in [2.75, 3.05) is 20.1 Å². The Morgan fingerprint density at radius 3 is 2.50 bits per heavy atom. The number of carbonyl (C=O) groups excluding carboxylic acids is 1. The molecule has 2 aromatic rings. The average molecular weight is 326 g/mol. The first kappa shape index (κ1) is 16.8. The molecule has 128 valence electrons. The van der Waals surface area contributed by atoms with E-state index in [4.69, 9.17) is 4.42 Å². The molecular formula is C20H26N2O2. The van der Waals surface area contributed by atoms with Crippen molar-refractivity contribution >= 4 is 5.91 Å². The van der Waals surface area contributed by atoms with Gasteiger partial charge >= 0.3 is 0 Å². The fraction of sp³-hybridized carbons (Fsp3) is 0.450. The lowest BCUT2D eigenvalue weighted by atomic mass is 9.95. The van der Waals surface area contributed by atoms with Crippen molar-refractivity contribution in [2.24, 2.45) is 5.92 Å². The van der Waals surface area contributed by atoms with Crippen LogP contribution in [0, 0.1) is 12.8 Å². The summed E-state index contributed by atoms with van der Waals surface area (Å²) >= 11 is 0. The maximum Gasteiger partial charge on any atom is 0.225 e. The molecule has 0 aliphatic carbocycles. The van der Waals surface area contributed by atoms with Crippen LogP contribution in [0.3, 0.4) is 0 Å². The summed E-state index contributed by atoms with van der Waals surface area (Å²) in [5, 5.41) is 0. The van der Waals surface area contributed by atoms with Gasteiger partial charge in [-0.2, -0.15) is 0 Å². The third-order valence-corrected chi connectivity index (χ3v) is 4.75. The molecular weight excluding hydrogens is 300 g/mol. The molecule has 1 aromatic carbocycles. The van der Waals surface area contributed by atoms with Crippen LogP contribution in [0.25, 0.3) is 0 Å². The number of hydrogen-bond donors (Lipinski definition) is 0. The molecule has 4 heteroatoms. The number of amides is 1. The van der Waals surface area contributed by atoms with E-state index < -0.39 is 0 Å². The van der Waals surface area contributed by atoms with Crippen LogP contribution >= 0.6 is 0 Å². The molecule has 0 unspecified atom stereocenters. The van der Waals surface area contributed by atoms with Gasteiger partial charge in [-0.1, -0.05) is 30.3 Å². The van der Waals surface area contributed by atoms with Crippen LogP contribution in [-0.4, -0.2) is 35.8 Å². The van der Waals surface area contributed by atoms with Crippen LogP contribution in [-0.2, 0) is 17.9 Å². The number of furan rings is 1. The van der Waals surface area contributed by atoms with Gasteiger partial charge < -0.3 is 9.32 Å². The van der Waals surface area contributed by atoms with E-state index in [2.05, 4.69) is 17.0 Å². The molecule has 0 spiro atoms. The van der Waals surface area contributed by atoms with E-state index in [9.17, 15) is 4.79 Å². The van der Waals surface area contributed by atoms with E-state index in [1.807, 2.05) is 49.2 Å². The molecule has 0 N–H and O–H groups in total. The highest BCUT2D eigenvalue weighted by Crippen LogP contribution is 2.22. The monoisotopic (exact) mass is 326 g/mol. The number of rotatable bonds is 5. The summed E-state index contributed by atoms with van der Waals surface area (Å²) in [6.07, 6.45) is 1.86. The summed E-state index contributed by atoms with van der Waals surface area (Å²) in [4.78, 5) is 16.9. The average Bonchev–Trinajstić information content (AvgIpc) is 3.00. The third-order valence-electron chi connectivity index (χ3n) is 4.75. The highest BCUT2D eigenvalue weighted by atomic mass is 16.3. The fourth-order valence-corrected chi connectivity index (χ4v) is 3.38. The molecule has 1 fully saturated rings. The maximum atomic E-state index is 12.7. The van der Waals surface area contributed by atoms with E-state index in [0.29, 0.717) is 6.54 Å². The first-order chi connectivity index (χ1) is 11.6. The zero-order valence-electron chi connectivity index (χ0n) is 14.6. The summed E-state index contributed by atoms with van der Waals surface area (Å²) in [6, 6.07) is 14.2. The SMILES string of the molecule is Cc1ccc(CN2CCC(C(=O)N(C)Cc3ccccc3)CC2)o1. The fourth-order valence-electron chi connectivity index (χ4n) is 3.38. The summed E-state index contributed by atoms with van der Waals surface area (Å²) in [7, 11) is 1.91. The summed E-state index contributed by atoms with van der Waals surface area (Å²) in [5.41, 5.74) is 1.18. The van der Waals surface area contributed by atoms with Gasteiger partial charge in [0.25, 0.3) is 0 Å². The Balaban J connectivity index is 1.47. The van der Waals surface area contributed by atoms with E-state index in [1.54, 1.807) is 0 Å². The van der Waals surface area contributed by atoms with Crippen molar-refractivity contribution in [3.05, 3.63) is 59.5 Å². The van der Waals surface area contributed by atoms with Crippen LogP contribution in [0.1, 0.15) is 29.9 Å². The van der Waals surface area contributed by atoms with E-state index >= 15 is 0 Å². The molecule has 0 radical (unpaired) electrons. The normalized spacial score (nSPS) is 16.2. The van der Waals surface area contributed by atoms with Gasteiger partial charge in [-0.3, -0.25) is 9.69 Å². The molecule has 0 saturated carbocycles. The number of likely N-dealkylation sites (tertiary alicyclic amines) is 1. The van der Waals surface area contributed by atoms with Gasteiger partial charge in [0, 0.05) is 19.5 Å². The highest BCUT2D eigenvalue weighted by molar-refractivity contribution is 5.78. The molecule has 2 heterocycles. The molecule has 0 atom stereocenters. The molecule has 4 nitrogen and oxygen atoms in total. The highest BCUT2D eigenvalue weighted by Gasteiger charge is 2.27. The third kappa shape index (κ3) is 4.26. The Hall–Kier alpha value is -2.07. The van der Waals surface area contributed by atoms with Gasteiger partial charge in [0.15, 0.2) is 0 Å². The second kappa shape index (κ2) is 7.67. The molecule has 1 amide bonds. The van der Waals surface area contributed by atoms with Gasteiger partial charge in [0.05, 0.1) is 6.54 Å². The predicted octanol–water partition coefficient (Wildman–Crippen LogP) is 3.46. The zero-order valence-corrected chi connectivity index (χ0v) is 14.6. The quantitative estimate of drug-likeness (QED) is 0.844. The molecule has 1 aliphatic heterocycles. The van der Waals surface area contributed by atoms with E-state index in [-0.39, 0.29) is 11.8 Å². The minimum absolute atomic E-state index is 0.147. The predicted molar refractivity (Wildman–Crippen MR) is 94.4 cm³/mol. The minimum Gasteiger partial charge on any atom is -0.465 e. The van der Waals surface area contributed by atoms with E-state index in [0.717, 1.165) is 44.0 Å². The van der Waals surface area contributed by atoms with Crippen molar-refractivity contribution in [1.82, 2.24) is 9.80 Å². The molecule has 1 aromatic heterocycles. The van der Waals surface area contributed by atoms with Crippen LogP contribution in [0.15, 0.2) is 46.9 Å². The van der Waals surface area contributed by atoms with Crippen LogP contribution in [0.5, 0.6) is 0 Å². The molecule has 0 bridgehead atoms. The van der Waals surface area contributed by atoms with Crippen molar-refractivity contribution < 1.29 is 9.21 Å². The first-order valence-corrected chi connectivity index (χ1v) is 8.68. The van der Waals surface area contributed by atoms with Gasteiger partial charge in [-0.25, -0.2) is 0 Å². The number of benzene rings is 1. The summed E-state index contributed by atoms with van der Waals surface area (Å²) < 4.78 is 5.65. The number of piperidine rings is 1. The Morgan fingerprint density at radius 1 is 1.17 bits per heavy atom. The van der Waals surface area contributed by atoms with Gasteiger partial charge in [0.1, 0.15) is 11.5 Å².